The van der Waals surface area contributed by atoms with Crippen molar-refractivity contribution in [2.24, 2.45) is 0 Å². The molecule has 1 saturated heterocycles. The minimum absolute atomic E-state index is 0.0374. The molecule has 4 heteroatoms. The van der Waals surface area contributed by atoms with Crippen LogP contribution in [0.5, 0.6) is 5.75 Å². The van der Waals surface area contributed by atoms with Crippen LogP contribution >= 0.6 is 0 Å². The van der Waals surface area contributed by atoms with Gasteiger partial charge >= 0.3 is 0 Å². The van der Waals surface area contributed by atoms with E-state index in [4.69, 9.17) is 4.74 Å². The normalized spacial score (nSPS) is 15.6. The van der Waals surface area contributed by atoms with Crippen molar-refractivity contribution in [1.29, 1.82) is 0 Å². The van der Waals surface area contributed by atoms with E-state index in [2.05, 4.69) is 19.9 Å². The van der Waals surface area contributed by atoms with E-state index in [1.54, 1.807) is 4.90 Å². The highest BCUT2D eigenvalue weighted by atomic mass is 16.5. The van der Waals surface area contributed by atoms with E-state index in [-0.39, 0.29) is 18.3 Å². The summed E-state index contributed by atoms with van der Waals surface area (Å²) in [6.45, 7) is 5.32. The van der Waals surface area contributed by atoms with Crippen molar-refractivity contribution in [3.8, 4) is 5.75 Å². The van der Waals surface area contributed by atoms with Crippen LogP contribution in [0.15, 0.2) is 24.3 Å². The lowest BCUT2D eigenvalue weighted by molar-refractivity contribution is -0.136. The second-order valence-electron chi connectivity index (χ2n) is 5.44. The van der Waals surface area contributed by atoms with Crippen molar-refractivity contribution in [1.82, 2.24) is 4.90 Å². The average Bonchev–Trinajstić information content (AvgIpc) is 2.46. The van der Waals surface area contributed by atoms with Crippen molar-refractivity contribution in [2.45, 2.75) is 32.6 Å². The van der Waals surface area contributed by atoms with E-state index >= 15 is 0 Å². The summed E-state index contributed by atoms with van der Waals surface area (Å²) in [6, 6.07) is 7.82. The van der Waals surface area contributed by atoms with Gasteiger partial charge in [-0.25, -0.2) is 0 Å². The molecule has 1 aromatic carbocycles. The molecule has 0 bridgehead atoms. The minimum Gasteiger partial charge on any atom is -0.484 e. The maximum absolute atomic E-state index is 12.0. The molecule has 1 aliphatic heterocycles. The van der Waals surface area contributed by atoms with Gasteiger partial charge in [0.25, 0.3) is 5.91 Å². The van der Waals surface area contributed by atoms with Crippen molar-refractivity contribution in [3.63, 3.8) is 0 Å². The molecule has 1 aliphatic rings. The summed E-state index contributed by atoms with van der Waals surface area (Å²) in [4.78, 5) is 24.8. The van der Waals surface area contributed by atoms with Crippen LogP contribution in [0, 0.1) is 0 Å². The Bertz CT molecular complexity index is 486. The highest BCUT2D eigenvalue weighted by molar-refractivity contribution is 5.83. The van der Waals surface area contributed by atoms with E-state index in [1.165, 1.54) is 5.56 Å². The van der Waals surface area contributed by atoms with Gasteiger partial charge in [-0.1, -0.05) is 26.0 Å². The first kappa shape index (κ1) is 14.6. The van der Waals surface area contributed by atoms with Crippen LogP contribution in [0.25, 0.3) is 0 Å². The minimum atomic E-state index is -0.0487. The van der Waals surface area contributed by atoms with Crippen molar-refractivity contribution < 1.29 is 14.3 Å². The number of ether oxygens (including phenoxy) is 1. The maximum atomic E-state index is 12.0. The molecule has 0 spiro atoms. The van der Waals surface area contributed by atoms with Gasteiger partial charge in [-0.3, -0.25) is 9.59 Å². The van der Waals surface area contributed by atoms with Crippen LogP contribution in [-0.4, -0.2) is 36.3 Å². The number of carbonyl (C=O) groups is 2. The third-order valence-corrected chi connectivity index (χ3v) is 3.56. The zero-order valence-electron chi connectivity index (χ0n) is 12.1. The quantitative estimate of drug-likeness (QED) is 0.847. The van der Waals surface area contributed by atoms with E-state index < -0.39 is 0 Å². The Kier molecular flexibility index (Phi) is 4.77. The van der Waals surface area contributed by atoms with Crippen LogP contribution in [0.2, 0.25) is 0 Å². The monoisotopic (exact) mass is 275 g/mol. The molecule has 1 fully saturated rings. The van der Waals surface area contributed by atoms with Gasteiger partial charge in [0.15, 0.2) is 6.61 Å². The second-order valence-corrected chi connectivity index (χ2v) is 5.44. The Morgan fingerprint density at radius 1 is 1.30 bits per heavy atom. The number of Topliss-reactive ketones (excluding diaryl/α,β-unsaturated/α-hetero) is 1. The summed E-state index contributed by atoms with van der Waals surface area (Å²) in [7, 11) is 0. The van der Waals surface area contributed by atoms with Crippen LogP contribution in [0.1, 0.15) is 38.2 Å². The molecular weight excluding hydrogens is 254 g/mol. The Hall–Kier alpha value is -1.84. The Morgan fingerprint density at radius 2 is 2.00 bits per heavy atom. The summed E-state index contributed by atoms with van der Waals surface area (Å²) in [5, 5.41) is 0. The Balaban J connectivity index is 1.87. The number of hydrogen-bond acceptors (Lipinski definition) is 3. The fraction of sp³-hybridized carbons (Fsp3) is 0.500. The molecule has 0 aromatic heterocycles. The van der Waals surface area contributed by atoms with Crippen LogP contribution in [-0.2, 0) is 9.59 Å². The zero-order valence-corrected chi connectivity index (χ0v) is 12.1. The third-order valence-electron chi connectivity index (χ3n) is 3.56. The molecule has 20 heavy (non-hydrogen) atoms. The first-order valence-electron chi connectivity index (χ1n) is 7.08. The molecule has 1 amide bonds. The molecule has 0 N–H and O–H groups in total. The first-order valence-corrected chi connectivity index (χ1v) is 7.08. The standard InChI is InChI=1S/C16H21NO3/c1-12(2)13-4-3-5-15(10-13)20-11-16(19)17-8-6-14(18)7-9-17/h3-5,10,12H,6-9,11H2,1-2H3. The predicted molar refractivity (Wildman–Crippen MR) is 76.8 cm³/mol. The fourth-order valence-corrected chi connectivity index (χ4v) is 2.21. The van der Waals surface area contributed by atoms with Gasteiger partial charge in [0.2, 0.25) is 0 Å². The summed E-state index contributed by atoms with van der Waals surface area (Å²) in [5.74, 6) is 1.34. The molecule has 0 radical (unpaired) electrons. The van der Waals surface area contributed by atoms with E-state index in [9.17, 15) is 9.59 Å². The van der Waals surface area contributed by atoms with Gasteiger partial charge in [0, 0.05) is 25.9 Å². The lowest BCUT2D eigenvalue weighted by Crippen LogP contribution is -2.41. The van der Waals surface area contributed by atoms with Crippen LogP contribution < -0.4 is 4.74 Å². The van der Waals surface area contributed by atoms with Crippen LogP contribution in [0.3, 0.4) is 0 Å². The molecule has 1 aromatic rings. The molecule has 2 rings (SSSR count). The maximum Gasteiger partial charge on any atom is 0.260 e. The number of ketones is 1. The topological polar surface area (TPSA) is 46.6 Å². The van der Waals surface area contributed by atoms with Gasteiger partial charge in [-0.05, 0) is 23.6 Å². The molecule has 108 valence electrons. The van der Waals surface area contributed by atoms with Crippen LogP contribution in [0.4, 0.5) is 0 Å². The van der Waals surface area contributed by atoms with Crippen molar-refractivity contribution in [2.75, 3.05) is 19.7 Å². The summed E-state index contributed by atoms with van der Waals surface area (Å²) < 4.78 is 5.56. The summed E-state index contributed by atoms with van der Waals surface area (Å²) in [6.07, 6.45) is 0.934. The van der Waals surface area contributed by atoms with E-state index in [0.717, 1.165) is 5.75 Å². The zero-order chi connectivity index (χ0) is 14.5. The number of rotatable bonds is 4. The third kappa shape index (κ3) is 3.83. The summed E-state index contributed by atoms with van der Waals surface area (Å²) >= 11 is 0. The number of amides is 1. The molecular formula is C16H21NO3. The van der Waals surface area contributed by atoms with Gasteiger partial charge < -0.3 is 9.64 Å². The smallest absolute Gasteiger partial charge is 0.260 e. The van der Waals surface area contributed by atoms with Crippen molar-refractivity contribution >= 4 is 11.7 Å². The number of nitrogens with zero attached hydrogens (tertiary/aromatic N) is 1. The van der Waals surface area contributed by atoms with Crippen molar-refractivity contribution in [3.05, 3.63) is 29.8 Å². The fourth-order valence-electron chi connectivity index (χ4n) is 2.21. The van der Waals surface area contributed by atoms with E-state index in [0.29, 0.717) is 31.8 Å². The number of carbonyl (C=O) groups excluding carboxylic acids is 2. The first-order chi connectivity index (χ1) is 9.56. The number of likely N-dealkylation sites (tertiary alicyclic amines) is 1. The van der Waals surface area contributed by atoms with Gasteiger partial charge in [-0.2, -0.15) is 0 Å². The predicted octanol–water partition coefficient (Wildman–Crippen LogP) is 2.38. The lowest BCUT2D eigenvalue weighted by Gasteiger charge is -2.26. The van der Waals surface area contributed by atoms with Gasteiger partial charge in [0.1, 0.15) is 11.5 Å². The Morgan fingerprint density at radius 3 is 2.65 bits per heavy atom. The molecule has 0 atom stereocenters. The lowest BCUT2D eigenvalue weighted by atomic mass is 10.0. The molecule has 0 aliphatic carbocycles. The molecule has 4 nitrogen and oxygen atoms in total. The average molecular weight is 275 g/mol. The highest BCUT2D eigenvalue weighted by Gasteiger charge is 2.20. The van der Waals surface area contributed by atoms with Gasteiger partial charge in [-0.15, -0.1) is 0 Å². The second kappa shape index (κ2) is 6.55. The number of benzene rings is 1. The number of hydrogen-bond donors (Lipinski definition) is 0. The van der Waals surface area contributed by atoms with E-state index in [1.807, 2.05) is 18.2 Å². The molecule has 1 heterocycles. The molecule has 0 saturated carbocycles. The Labute approximate surface area is 119 Å². The number of piperidine rings is 1. The SMILES string of the molecule is CC(C)c1cccc(OCC(=O)N2CCC(=O)CC2)c1. The summed E-state index contributed by atoms with van der Waals surface area (Å²) in [5.41, 5.74) is 1.19. The van der Waals surface area contributed by atoms with Gasteiger partial charge in [0.05, 0.1) is 0 Å². The molecule has 0 unspecified atom stereocenters. The highest BCUT2D eigenvalue weighted by Crippen LogP contribution is 2.20. The largest absolute Gasteiger partial charge is 0.484 e.